The second-order valence-corrected chi connectivity index (χ2v) is 11.5. The van der Waals surface area contributed by atoms with Crippen LogP contribution in [0.3, 0.4) is 0 Å². The monoisotopic (exact) mass is 552 g/mol. The first-order valence-electron chi connectivity index (χ1n) is 11.0. The summed E-state index contributed by atoms with van der Waals surface area (Å²) < 4.78 is 33.4. The van der Waals surface area contributed by atoms with Gasteiger partial charge in [-0.1, -0.05) is 59.1 Å². The van der Waals surface area contributed by atoms with E-state index in [1.54, 1.807) is 48.5 Å². The summed E-state index contributed by atoms with van der Waals surface area (Å²) in [6, 6.07) is 18.9. The fourth-order valence-corrected chi connectivity index (χ4v) is 5.97. The van der Waals surface area contributed by atoms with Gasteiger partial charge in [0.2, 0.25) is 15.9 Å². The molecule has 1 fully saturated rings. The Bertz CT molecular complexity index is 1320. The number of ether oxygens (including phenoxy) is 1. The molecule has 0 saturated carbocycles. The quantitative estimate of drug-likeness (QED) is 0.357. The molecule has 0 spiro atoms. The number of nitrogens with zero attached hydrogens (tertiary/aromatic N) is 1. The number of hydrogen-bond acceptors (Lipinski definition) is 4. The Balaban J connectivity index is 1.46. The van der Waals surface area contributed by atoms with Gasteiger partial charge in [0.15, 0.2) is 5.75 Å². The average Bonchev–Trinajstić information content (AvgIpc) is 2.84. The molecule has 3 aromatic carbocycles. The van der Waals surface area contributed by atoms with Crippen LogP contribution >= 0.6 is 34.8 Å². The number of halogens is 3. The molecule has 184 valence electrons. The van der Waals surface area contributed by atoms with Gasteiger partial charge in [0.1, 0.15) is 5.75 Å². The van der Waals surface area contributed by atoms with Gasteiger partial charge in [-0.05, 0) is 60.9 Å². The number of carbonyl (C=O) groups is 1. The van der Waals surface area contributed by atoms with Gasteiger partial charge in [-0.2, -0.15) is 0 Å². The molecule has 0 aliphatic carbocycles. The molecule has 0 radical (unpaired) electrons. The number of rotatable bonds is 7. The molecule has 1 N–H and O–H groups in total. The maximum absolute atomic E-state index is 13.1. The van der Waals surface area contributed by atoms with Crippen LogP contribution in [0.4, 0.5) is 5.69 Å². The molecule has 1 saturated heterocycles. The van der Waals surface area contributed by atoms with Crippen LogP contribution in [0.5, 0.6) is 11.5 Å². The van der Waals surface area contributed by atoms with Crippen LogP contribution in [0.15, 0.2) is 66.7 Å². The zero-order valence-corrected chi connectivity index (χ0v) is 21.7. The maximum atomic E-state index is 13.1. The van der Waals surface area contributed by atoms with E-state index in [4.69, 9.17) is 39.5 Å². The van der Waals surface area contributed by atoms with Crippen LogP contribution in [-0.4, -0.2) is 31.7 Å². The van der Waals surface area contributed by atoms with Crippen molar-refractivity contribution in [3.05, 3.63) is 87.4 Å². The van der Waals surface area contributed by atoms with Gasteiger partial charge in [-0.3, -0.25) is 4.79 Å². The molecule has 35 heavy (non-hydrogen) atoms. The van der Waals surface area contributed by atoms with Crippen molar-refractivity contribution >= 4 is 56.4 Å². The Morgan fingerprint density at radius 1 is 1.00 bits per heavy atom. The highest BCUT2D eigenvalue weighted by atomic mass is 35.5. The number of amides is 1. The van der Waals surface area contributed by atoms with Crippen molar-refractivity contribution in [1.29, 1.82) is 0 Å². The summed E-state index contributed by atoms with van der Waals surface area (Å²) in [5, 5.41) is 3.97. The summed E-state index contributed by atoms with van der Waals surface area (Å²) in [5.74, 6) is 0.0219. The Kier molecular flexibility index (Phi) is 8.24. The van der Waals surface area contributed by atoms with E-state index < -0.39 is 15.9 Å². The molecule has 3 aromatic rings. The van der Waals surface area contributed by atoms with Crippen LogP contribution in [0.1, 0.15) is 18.4 Å². The summed E-state index contributed by atoms with van der Waals surface area (Å²) in [6.07, 6.45) is 1.14. The van der Waals surface area contributed by atoms with Crippen LogP contribution in [-0.2, 0) is 20.6 Å². The lowest BCUT2D eigenvalue weighted by atomic mass is 9.98. The van der Waals surface area contributed by atoms with Gasteiger partial charge in [-0.25, -0.2) is 12.7 Å². The lowest BCUT2D eigenvalue weighted by Crippen LogP contribution is -2.44. The highest BCUT2D eigenvalue weighted by Gasteiger charge is 2.33. The molecule has 0 aromatic heterocycles. The van der Waals surface area contributed by atoms with Crippen molar-refractivity contribution in [2.45, 2.75) is 18.6 Å². The lowest BCUT2D eigenvalue weighted by Gasteiger charge is -2.31. The number of benzene rings is 3. The highest BCUT2D eigenvalue weighted by Crippen LogP contribution is 2.33. The summed E-state index contributed by atoms with van der Waals surface area (Å²) in [7, 11) is -3.66. The summed E-state index contributed by atoms with van der Waals surface area (Å²) in [6.45, 7) is 0.442. The number of anilines is 1. The molecule has 1 atom stereocenters. The number of para-hydroxylation sites is 1. The molecule has 4 rings (SSSR count). The van der Waals surface area contributed by atoms with Gasteiger partial charge < -0.3 is 10.1 Å². The molecule has 1 amide bonds. The fourth-order valence-electron chi connectivity index (χ4n) is 3.88. The third kappa shape index (κ3) is 6.68. The van der Waals surface area contributed by atoms with Crippen molar-refractivity contribution in [3.63, 3.8) is 0 Å². The SMILES string of the molecule is O=C(Nc1cc(Cl)ccc1Oc1ccccc1)[C@H]1CCCN(S(=O)(=O)Cc2ccc(Cl)c(Cl)c2)C1. The zero-order valence-electron chi connectivity index (χ0n) is 18.6. The number of nitrogens with one attached hydrogen (secondary N) is 1. The molecule has 10 heteroatoms. The highest BCUT2D eigenvalue weighted by molar-refractivity contribution is 7.88. The lowest BCUT2D eigenvalue weighted by molar-refractivity contribution is -0.120. The summed E-state index contributed by atoms with van der Waals surface area (Å²) in [5.41, 5.74) is 0.953. The third-order valence-corrected chi connectivity index (χ3v) is 8.44. The van der Waals surface area contributed by atoms with E-state index >= 15 is 0 Å². The van der Waals surface area contributed by atoms with Crippen molar-refractivity contribution in [2.75, 3.05) is 18.4 Å². The minimum atomic E-state index is -3.66. The van der Waals surface area contributed by atoms with Crippen LogP contribution < -0.4 is 10.1 Å². The van der Waals surface area contributed by atoms with Gasteiger partial charge in [0.25, 0.3) is 0 Å². The molecule has 1 aliphatic rings. The van der Waals surface area contributed by atoms with Crippen molar-refractivity contribution < 1.29 is 17.9 Å². The first-order chi connectivity index (χ1) is 16.7. The first kappa shape index (κ1) is 25.8. The molecular weight excluding hydrogens is 531 g/mol. The molecular formula is C25H23Cl3N2O4S. The topological polar surface area (TPSA) is 75.7 Å². The average molecular weight is 554 g/mol. The van der Waals surface area contributed by atoms with Crippen molar-refractivity contribution in [1.82, 2.24) is 4.31 Å². The third-order valence-electron chi connectivity index (χ3n) is 5.65. The standard InChI is InChI=1S/C25H23Cl3N2O4S/c26-19-9-11-24(34-20-6-2-1-3-7-20)23(14-19)29-25(31)18-5-4-12-30(15-18)35(32,33)16-17-8-10-21(27)22(28)13-17/h1-3,6-11,13-14,18H,4-5,12,15-16H2,(H,29,31)/t18-/m0/s1. The number of hydrogen-bond donors (Lipinski definition) is 1. The second kappa shape index (κ2) is 11.2. The minimum Gasteiger partial charge on any atom is -0.455 e. The predicted octanol–water partition coefficient (Wildman–Crippen LogP) is 6.62. The first-order valence-corrected chi connectivity index (χ1v) is 13.7. The fraction of sp³-hybridized carbons (Fsp3) is 0.240. The van der Waals surface area contributed by atoms with E-state index in [0.717, 1.165) is 0 Å². The maximum Gasteiger partial charge on any atom is 0.228 e. The molecule has 1 aliphatic heterocycles. The van der Waals surface area contributed by atoms with Crippen LogP contribution in [0, 0.1) is 5.92 Å². The number of sulfonamides is 1. The molecule has 0 unspecified atom stereocenters. The van der Waals surface area contributed by atoms with E-state index in [0.29, 0.717) is 57.2 Å². The van der Waals surface area contributed by atoms with E-state index in [1.165, 1.54) is 4.31 Å². The largest absolute Gasteiger partial charge is 0.455 e. The Morgan fingerprint density at radius 2 is 1.77 bits per heavy atom. The van der Waals surface area contributed by atoms with Crippen molar-refractivity contribution in [3.8, 4) is 11.5 Å². The van der Waals surface area contributed by atoms with Crippen molar-refractivity contribution in [2.24, 2.45) is 5.92 Å². The van der Waals surface area contributed by atoms with E-state index in [9.17, 15) is 13.2 Å². The normalized spacial score (nSPS) is 16.6. The zero-order chi connectivity index (χ0) is 25.0. The second-order valence-electron chi connectivity index (χ2n) is 8.25. The number of piperidine rings is 1. The Morgan fingerprint density at radius 3 is 2.51 bits per heavy atom. The molecule has 0 bridgehead atoms. The van der Waals surface area contributed by atoms with Gasteiger partial charge >= 0.3 is 0 Å². The molecule has 1 heterocycles. The summed E-state index contributed by atoms with van der Waals surface area (Å²) in [4.78, 5) is 13.1. The molecule has 6 nitrogen and oxygen atoms in total. The minimum absolute atomic E-state index is 0.0882. The van der Waals surface area contributed by atoms with E-state index in [2.05, 4.69) is 5.32 Å². The van der Waals surface area contributed by atoms with Crippen LogP contribution in [0.2, 0.25) is 15.1 Å². The van der Waals surface area contributed by atoms with E-state index in [1.807, 2.05) is 18.2 Å². The van der Waals surface area contributed by atoms with Crippen LogP contribution in [0.25, 0.3) is 0 Å². The number of carbonyl (C=O) groups excluding carboxylic acids is 1. The Labute approximate surface area is 219 Å². The van der Waals surface area contributed by atoms with E-state index in [-0.39, 0.29) is 18.2 Å². The summed E-state index contributed by atoms with van der Waals surface area (Å²) >= 11 is 18.1. The Hall–Kier alpha value is -2.29. The van der Waals surface area contributed by atoms with Gasteiger partial charge in [0.05, 0.1) is 27.4 Å². The van der Waals surface area contributed by atoms with Gasteiger partial charge in [-0.15, -0.1) is 0 Å². The smallest absolute Gasteiger partial charge is 0.228 e. The predicted molar refractivity (Wildman–Crippen MR) is 140 cm³/mol. The van der Waals surface area contributed by atoms with Gasteiger partial charge in [0, 0.05) is 18.1 Å².